The lowest BCUT2D eigenvalue weighted by Gasteiger charge is -2.33. The molecule has 0 bridgehead atoms. The summed E-state index contributed by atoms with van der Waals surface area (Å²) in [5.41, 5.74) is 0. The predicted octanol–water partition coefficient (Wildman–Crippen LogP) is 1.56. The fourth-order valence-electron chi connectivity index (χ4n) is 3.94. The van der Waals surface area contributed by atoms with Gasteiger partial charge in [0, 0.05) is 39.0 Å². The van der Waals surface area contributed by atoms with Gasteiger partial charge < -0.3 is 19.1 Å². The molecule has 0 N–H and O–H groups in total. The van der Waals surface area contributed by atoms with Gasteiger partial charge in [-0.3, -0.25) is 9.59 Å². The Morgan fingerprint density at radius 2 is 1.93 bits per heavy atom. The average Bonchev–Trinajstić information content (AvgIpc) is 3.16. The number of likely N-dealkylation sites (tertiary alicyclic amines) is 1. The number of amides is 2. The number of ether oxygens (including phenoxy) is 1. The number of piperidine rings is 1. The highest BCUT2D eigenvalue weighted by Gasteiger charge is 2.31. The van der Waals surface area contributed by atoms with Gasteiger partial charge >= 0.3 is 0 Å². The molecule has 1 fully saturated rings. The van der Waals surface area contributed by atoms with Crippen molar-refractivity contribution in [2.75, 3.05) is 26.2 Å². The quantitative estimate of drug-likeness (QED) is 0.777. The number of benzene rings is 1. The summed E-state index contributed by atoms with van der Waals surface area (Å²) in [5.74, 6) is 1.88. The summed E-state index contributed by atoms with van der Waals surface area (Å²) in [6, 6.07) is 5.58. The molecule has 4 rings (SSSR count). The van der Waals surface area contributed by atoms with Gasteiger partial charge in [0.25, 0.3) is 5.91 Å². The van der Waals surface area contributed by atoms with Crippen LogP contribution in [0.4, 0.5) is 4.39 Å². The Balaban J connectivity index is 1.37. The van der Waals surface area contributed by atoms with E-state index in [-0.39, 0.29) is 30.2 Å². The van der Waals surface area contributed by atoms with E-state index in [4.69, 9.17) is 4.74 Å². The fraction of sp³-hybridized carbons (Fsp3) is 0.500. The van der Waals surface area contributed by atoms with E-state index in [1.54, 1.807) is 11.8 Å². The number of hydrogen-bond acceptors (Lipinski definition) is 5. The van der Waals surface area contributed by atoms with Crippen molar-refractivity contribution in [1.82, 2.24) is 24.6 Å². The van der Waals surface area contributed by atoms with Crippen molar-refractivity contribution in [1.29, 1.82) is 0 Å². The van der Waals surface area contributed by atoms with Gasteiger partial charge in [-0.1, -0.05) is 0 Å². The predicted molar refractivity (Wildman–Crippen MR) is 102 cm³/mol. The molecule has 3 heterocycles. The first kappa shape index (κ1) is 19.4. The summed E-state index contributed by atoms with van der Waals surface area (Å²) in [6.45, 7) is 4.50. The molecule has 0 aliphatic carbocycles. The normalized spacial score (nSPS) is 19.0. The summed E-state index contributed by atoms with van der Waals surface area (Å²) < 4.78 is 20.5. The van der Waals surface area contributed by atoms with Crippen LogP contribution < -0.4 is 4.74 Å². The second kappa shape index (κ2) is 8.18. The average molecular weight is 401 g/mol. The molecule has 1 aromatic carbocycles. The maximum absolute atomic E-state index is 12.9. The van der Waals surface area contributed by atoms with Gasteiger partial charge in [-0.25, -0.2) is 4.39 Å². The zero-order chi connectivity index (χ0) is 20.4. The zero-order valence-electron chi connectivity index (χ0n) is 16.4. The summed E-state index contributed by atoms with van der Waals surface area (Å²) >= 11 is 0. The van der Waals surface area contributed by atoms with E-state index >= 15 is 0 Å². The highest BCUT2D eigenvalue weighted by atomic mass is 19.1. The Labute approximate surface area is 168 Å². The molecular weight excluding hydrogens is 377 g/mol. The van der Waals surface area contributed by atoms with Crippen molar-refractivity contribution in [3.8, 4) is 5.75 Å². The van der Waals surface area contributed by atoms with Crippen LogP contribution in [-0.2, 0) is 22.7 Å². The molecule has 8 nitrogen and oxygen atoms in total. The minimum Gasteiger partial charge on any atom is -0.484 e. The molecular formula is C20H24FN5O3. The molecule has 1 aromatic heterocycles. The van der Waals surface area contributed by atoms with Crippen LogP contribution >= 0.6 is 0 Å². The molecule has 29 heavy (non-hydrogen) atoms. The second-order valence-electron chi connectivity index (χ2n) is 7.49. The van der Waals surface area contributed by atoms with Crippen molar-refractivity contribution in [2.45, 2.75) is 38.8 Å². The molecule has 9 heteroatoms. The first-order chi connectivity index (χ1) is 14.0. The van der Waals surface area contributed by atoms with Crippen LogP contribution in [0.5, 0.6) is 5.75 Å². The molecule has 2 aliphatic rings. The number of halogens is 1. The Morgan fingerprint density at radius 1 is 1.14 bits per heavy atom. The number of fused-ring (bicyclic) bond motifs is 1. The van der Waals surface area contributed by atoms with Crippen LogP contribution in [0.25, 0.3) is 0 Å². The van der Waals surface area contributed by atoms with Crippen LogP contribution in [0.2, 0.25) is 0 Å². The molecule has 2 aliphatic heterocycles. The lowest BCUT2D eigenvalue weighted by Crippen LogP contribution is -2.42. The summed E-state index contributed by atoms with van der Waals surface area (Å²) in [5, 5.41) is 8.68. The molecule has 1 saturated heterocycles. The number of rotatable bonds is 4. The maximum atomic E-state index is 12.9. The van der Waals surface area contributed by atoms with Crippen LogP contribution in [0.1, 0.15) is 37.3 Å². The van der Waals surface area contributed by atoms with E-state index in [0.29, 0.717) is 31.9 Å². The van der Waals surface area contributed by atoms with Gasteiger partial charge in [0.1, 0.15) is 17.4 Å². The van der Waals surface area contributed by atoms with Crippen molar-refractivity contribution in [3.63, 3.8) is 0 Å². The minimum absolute atomic E-state index is 0.0889. The number of carbonyl (C=O) groups is 2. The number of nitrogens with zero attached hydrogens (tertiary/aromatic N) is 5. The monoisotopic (exact) mass is 401 g/mol. The van der Waals surface area contributed by atoms with Crippen molar-refractivity contribution < 1.29 is 18.7 Å². The zero-order valence-corrected chi connectivity index (χ0v) is 16.4. The highest BCUT2D eigenvalue weighted by molar-refractivity contribution is 5.77. The molecule has 1 atom stereocenters. The molecule has 0 spiro atoms. The molecule has 1 unspecified atom stereocenters. The standard InChI is InChI=1S/C20H24FN5O3/c1-14(27)24-8-2-3-15(11-24)20-23-22-18-12-25(9-10-26(18)20)19(28)13-29-17-6-4-16(21)5-7-17/h4-7,15H,2-3,8-13H2,1H3. The lowest BCUT2D eigenvalue weighted by molar-refractivity contribution is -0.135. The molecule has 2 amide bonds. The number of aromatic nitrogens is 3. The van der Waals surface area contributed by atoms with Gasteiger partial charge in [0.15, 0.2) is 12.4 Å². The number of carbonyl (C=O) groups excluding carboxylic acids is 2. The topological polar surface area (TPSA) is 80.6 Å². The molecule has 2 aromatic rings. The third-order valence-corrected chi connectivity index (χ3v) is 5.54. The highest BCUT2D eigenvalue weighted by Crippen LogP contribution is 2.27. The summed E-state index contributed by atoms with van der Waals surface area (Å²) in [6.07, 6.45) is 1.94. The smallest absolute Gasteiger partial charge is 0.260 e. The first-order valence-electron chi connectivity index (χ1n) is 9.85. The van der Waals surface area contributed by atoms with E-state index < -0.39 is 0 Å². The van der Waals surface area contributed by atoms with Gasteiger partial charge in [-0.2, -0.15) is 0 Å². The van der Waals surface area contributed by atoms with Crippen LogP contribution in [0.15, 0.2) is 24.3 Å². The molecule has 0 saturated carbocycles. The maximum Gasteiger partial charge on any atom is 0.260 e. The van der Waals surface area contributed by atoms with Crippen LogP contribution in [0.3, 0.4) is 0 Å². The lowest BCUT2D eigenvalue weighted by atomic mass is 9.97. The largest absolute Gasteiger partial charge is 0.484 e. The van der Waals surface area contributed by atoms with Crippen molar-refractivity contribution in [3.05, 3.63) is 41.7 Å². The van der Waals surface area contributed by atoms with E-state index in [2.05, 4.69) is 14.8 Å². The Bertz CT molecular complexity index is 898. The summed E-state index contributed by atoms with van der Waals surface area (Å²) in [7, 11) is 0. The van der Waals surface area contributed by atoms with E-state index in [0.717, 1.165) is 31.0 Å². The SMILES string of the molecule is CC(=O)N1CCCC(c2nnc3n2CCN(C(=O)COc2ccc(F)cc2)C3)C1. The third-order valence-electron chi connectivity index (χ3n) is 5.54. The van der Waals surface area contributed by atoms with Gasteiger partial charge in [-0.05, 0) is 37.1 Å². The Morgan fingerprint density at radius 3 is 2.69 bits per heavy atom. The second-order valence-corrected chi connectivity index (χ2v) is 7.49. The number of hydrogen-bond donors (Lipinski definition) is 0. The van der Waals surface area contributed by atoms with Gasteiger partial charge in [0.05, 0.1) is 6.54 Å². The van der Waals surface area contributed by atoms with Crippen LogP contribution in [0, 0.1) is 5.82 Å². The Hall–Kier alpha value is -2.97. The van der Waals surface area contributed by atoms with E-state index in [1.807, 2.05) is 4.90 Å². The fourth-order valence-corrected chi connectivity index (χ4v) is 3.94. The van der Waals surface area contributed by atoms with Gasteiger partial charge in [0.2, 0.25) is 5.91 Å². The first-order valence-corrected chi connectivity index (χ1v) is 9.85. The van der Waals surface area contributed by atoms with Gasteiger partial charge in [-0.15, -0.1) is 10.2 Å². The van der Waals surface area contributed by atoms with E-state index in [1.165, 1.54) is 24.3 Å². The van der Waals surface area contributed by atoms with E-state index in [9.17, 15) is 14.0 Å². The third kappa shape index (κ3) is 4.23. The Kier molecular flexibility index (Phi) is 5.46. The molecule has 154 valence electrons. The molecule has 0 radical (unpaired) electrons. The van der Waals surface area contributed by atoms with Crippen molar-refractivity contribution in [2.24, 2.45) is 0 Å². The van der Waals surface area contributed by atoms with Crippen LogP contribution in [-0.4, -0.2) is 62.6 Å². The minimum atomic E-state index is -0.348. The van der Waals surface area contributed by atoms with Crippen molar-refractivity contribution >= 4 is 11.8 Å². The summed E-state index contributed by atoms with van der Waals surface area (Å²) in [4.78, 5) is 27.8.